The highest BCUT2D eigenvalue weighted by Crippen LogP contribution is 2.26. The summed E-state index contributed by atoms with van der Waals surface area (Å²) in [4.78, 5) is 23.9. The third kappa shape index (κ3) is 6.82. The molecule has 1 aromatic carbocycles. The zero-order valence-electron chi connectivity index (χ0n) is 14.3. The lowest BCUT2D eigenvalue weighted by Crippen LogP contribution is -2.25. The number of ether oxygens (including phenoxy) is 2. The lowest BCUT2D eigenvalue weighted by atomic mass is 9.91. The number of rotatable bonds is 7. The van der Waals surface area contributed by atoms with Gasteiger partial charge in [-0.1, -0.05) is 12.1 Å². The molecule has 128 valence electrons. The van der Waals surface area contributed by atoms with E-state index in [9.17, 15) is 14.7 Å². The van der Waals surface area contributed by atoms with Crippen LogP contribution in [-0.2, 0) is 14.3 Å². The van der Waals surface area contributed by atoms with Crippen LogP contribution in [0, 0.1) is 0 Å². The largest absolute Gasteiger partial charge is 0.462 e. The van der Waals surface area contributed by atoms with Gasteiger partial charge in [0.25, 0.3) is 0 Å². The first kappa shape index (κ1) is 19.2. The predicted octanol–water partition coefficient (Wildman–Crippen LogP) is 3.06. The molecule has 0 aliphatic heterocycles. The van der Waals surface area contributed by atoms with Gasteiger partial charge in [0, 0.05) is 6.61 Å². The molecule has 0 aliphatic rings. The van der Waals surface area contributed by atoms with Crippen molar-refractivity contribution < 1.29 is 24.2 Å². The maximum atomic E-state index is 12.0. The Morgan fingerprint density at radius 2 is 1.96 bits per heavy atom. The van der Waals surface area contributed by atoms with E-state index in [4.69, 9.17) is 9.47 Å². The topological polar surface area (TPSA) is 72.8 Å². The van der Waals surface area contributed by atoms with Gasteiger partial charge < -0.3 is 14.6 Å². The van der Waals surface area contributed by atoms with Gasteiger partial charge in [0.05, 0.1) is 18.6 Å². The van der Waals surface area contributed by atoms with E-state index in [-0.39, 0.29) is 24.9 Å². The zero-order chi connectivity index (χ0) is 17.5. The molecular weight excluding hydrogens is 296 g/mol. The molecule has 0 unspecified atom stereocenters. The molecule has 0 amide bonds. The summed E-state index contributed by atoms with van der Waals surface area (Å²) in [5.74, 6) is -0.920. The average Bonchev–Trinajstić information content (AvgIpc) is 2.45. The second-order valence-corrected chi connectivity index (χ2v) is 6.35. The van der Waals surface area contributed by atoms with Crippen molar-refractivity contribution in [2.75, 3.05) is 13.2 Å². The summed E-state index contributed by atoms with van der Waals surface area (Å²) < 4.78 is 10.3. The summed E-state index contributed by atoms with van der Waals surface area (Å²) in [5.41, 5.74) is 0.708. The Morgan fingerprint density at radius 3 is 2.52 bits per heavy atom. The van der Waals surface area contributed by atoms with E-state index in [0.717, 1.165) is 5.56 Å². The van der Waals surface area contributed by atoms with Crippen molar-refractivity contribution in [3.63, 3.8) is 0 Å². The predicted molar refractivity (Wildman–Crippen MR) is 87.3 cm³/mol. The number of hydrogen-bond acceptors (Lipinski definition) is 5. The Balaban J connectivity index is 2.90. The van der Waals surface area contributed by atoms with Crippen LogP contribution in [-0.4, -0.2) is 35.9 Å². The number of aliphatic hydroxyl groups excluding tert-OH is 1. The first-order chi connectivity index (χ1) is 10.8. The fourth-order valence-corrected chi connectivity index (χ4v) is 2.26. The number of carbonyl (C=O) groups is 2. The fourth-order valence-electron chi connectivity index (χ4n) is 2.26. The highest BCUT2D eigenvalue weighted by atomic mass is 16.6. The Labute approximate surface area is 137 Å². The van der Waals surface area contributed by atoms with Crippen LogP contribution >= 0.6 is 0 Å². The second-order valence-electron chi connectivity index (χ2n) is 6.35. The third-order valence-electron chi connectivity index (χ3n) is 3.18. The van der Waals surface area contributed by atoms with Crippen molar-refractivity contribution in [2.45, 2.75) is 52.1 Å². The number of carbonyl (C=O) groups excluding carboxylic acids is 2. The third-order valence-corrected chi connectivity index (χ3v) is 3.18. The quantitative estimate of drug-likeness (QED) is 0.781. The first-order valence-electron chi connectivity index (χ1n) is 7.86. The van der Waals surface area contributed by atoms with E-state index in [1.54, 1.807) is 25.1 Å². The summed E-state index contributed by atoms with van der Waals surface area (Å²) in [5, 5.41) is 9.26. The number of aliphatic hydroxyl groups is 1. The molecule has 0 saturated heterocycles. The van der Waals surface area contributed by atoms with E-state index < -0.39 is 11.6 Å². The summed E-state index contributed by atoms with van der Waals surface area (Å²) in [6.45, 7) is 7.45. The SMILES string of the molecule is CCOC(=O)c1cccc([C@@H](CCO)CC(=O)OC(C)(C)C)c1. The summed E-state index contributed by atoms with van der Waals surface area (Å²) in [6, 6.07) is 6.97. The molecule has 0 aromatic heterocycles. The fraction of sp³-hybridized carbons (Fsp3) is 0.556. The standard InChI is InChI=1S/C18H26O5/c1-5-22-17(21)15-8-6-7-13(11-15)14(9-10-19)12-16(20)23-18(2,3)4/h6-8,11,14,19H,5,9-10,12H2,1-4H3/t14-/m0/s1. The van der Waals surface area contributed by atoms with Crippen LogP contribution in [0.5, 0.6) is 0 Å². The molecule has 0 saturated carbocycles. The van der Waals surface area contributed by atoms with E-state index in [0.29, 0.717) is 18.6 Å². The molecule has 0 aliphatic carbocycles. The highest BCUT2D eigenvalue weighted by molar-refractivity contribution is 5.89. The molecule has 5 nitrogen and oxygen atoms in total. The minimum atomic E-state index is -0.548. The lowest BCUT2D eigenvalue weighted by molar-refractivity contribution is -0.155. The first-order valence-corrected chi connectivity index (χ1v) is 7.86. The Kier molecular flexibility index (Phi) is 7.23. The van der Waals surface area contributed by atoms with Crippen LogP contribution in [0.1, 0.15) is 62.4 Å². The van der Waals surface area contributed by atoms with E-state index in [1.165, 1.54) is 0 Å². The van der Waals surface area contributed by atoms with Crippen LogP contribution in [0.25, 0.3) is 0 Å². The zero-order valence-corrected chi connectivity index (χ0v) is 14.3. The van der Waals surface area contributed by atoms with Gasteiger partial charge in [0.2, 0.25) is 0 Å². The van der Waals surface area contributed by atoms with E-state index >= 15 is 0 Å². The summed E-state index contributed by atoms with van der Waals surface area (Å²) >= 11 is 0. The molecule has 5 heteroatoms. The van der Waals surface area contributed by atoms with Gasteiger partial charge in [-0.15, -0.1) is 0 Å². The Hall–Kier alpha value is -1.88. The molecular formula is C18H26O5. The summed E-state index contributed by atoms with van der Waals surface area (Å²) in [7, 11) is 0. The molecule has 0 heterocycles. The van der Waals surface area contributed by atoms with Crippen molar-refractivity contribution in [2.24, 2.45) is 0 Å². The average molecular weight is 322 g/mol. The van der Waals surface area contributed by atoms with Crippen molar-refractivity contribution in [3.05, 3.63) is 35.4 Å². The summed E-state index contributed by atoms with van der Waals surface area (Å²) in [6.07, 6.45) is 0.579. The molecule has 1 aromatic rings. The molecule has 23 heavy (non-hydrogen) atoms. The van der Waals surface area contributed by atoms with E-state index in [1.807, 2.05) is 26.8 Å². The molecule has 0 bridgehead atoms. The van der Waals surface area contributed by atoms with Crippen LogP contribution in [0.4, 0.5) is 0 Å². The van der Waals surface area contributed by atoms with Gasteiger partial charge in [-0.05, 0) is 57.7 Å². The van der Waals surface area contributed by atoms with E-state index in [2.05, 4.69) is 0 Å². The van der Waals surface area contributed by atoms with Crippen LogP contribution in [0.15, 0.2) is 24.3 Å². The molecule has 1 rings (SSSR count). The molecule has 0 spiro atoms. The molecule has 0 fully saturated rings. The monoisotopic (exact) mass is 322 g/mol. The van der Waals surface area contributed by atoms with Crippen molar-refractivity contribution in [1.29, 1.82) is 0 Å². The van der Waals surface area contributed by atoms with Gasteiger partial charge in [0.1, 0.15) is 5.60 Å². The second kappa shape index (κ2) is 8.67. The number of esters is 2. The Morgan fingerprint density at radius 1 is 1.26 bits per heavy atom. The van der Waals surface area contributed by atoms with Gasteiger partial charge in [-0.2, -0.15) is 0 Å². The van der Waals surface area contributed by atoms with Gasteiger partial charge in [0.15, 0.2) is 0 Å². The minimum absolute atomic E-state index is 0.0445. The number of benzene rings is 1. The van der Waals surface area contributed by atoms with Crippen molar-refractivity contribution >= 4 is 11.9 Å². The van der Waals surface area contributed by atoms with Gasteiger partial charge in [-0.3, -0.25) is 4.79 Å². The minimum Gasteiger partial charge on any atom is -0.462 e. The molecule has 1 N–H and O–H groups in total. The van der Waals surface area contributed by atoms with Crippen LogP contribution < -0.4 is 0 Å². The molecule has 0 radical (unpaired) electrons. The van der Waals surface area contributed by atoms with Gasteiger partial charge in [-0.25, -0.2) is 4.79 Å². The Bertz CT molecular complexity index is 530. The van der Waals surface area contributed by atoms with Crippen molar-refractivity contribution in [3.8, 4) is 0 Å². The van der Waals surface area contributed by atoms with Crippen LogP contribution in [0.3, 0.4) is 0 Å². The molecule has 1 atom stereocenters. The lowest BCUT2D eigenvalue weighted by Gasteiger charge is -2.22. The maximum absolute atomic E-state index is 12.0. The number of hydrogen-bond donors (Lipinski definition) is 1. The highest BCUT2D eigenvalue weighted by Gasteiger charge is 2.22. The maximum Gasteiger partial charge on any atom is 0.338 e. The van der Waals surface area contributed by atoms with Crippen LogP contribution in [0.2, 0.25) is 0 Å². The normalized spacial score (nSPS) is 12.6. The van der Waals surface area contributed by atoms with Gasteiger partial charge >= 0.3 is 11.9 Å². The smallest absolute Gasteiger partial charge is 0.338 e. The van der Waals surface area contributed by atoms with Crippen molar-refractivity contribution in [1.82, 2.24) is 0 Å².